The van der Waals surface area contributed by atoms with Gasteiger partial charge in [0.15, 0.2) is 0 Å². The molecule has 2 N–H and O–H groups in total. The number of sulfonamides is 1. The van der Waals surface area contributed by atoms with E-state index in [1.807, 2.05) is 11.5 Å². The van der Waals surface area contributed by atoms with E-state index in [0.29, 0.717) is 24.0 Å². The summed E-state index contributed by atoms with van der Waals surface area (Å²) in [5.41, 5.74) is 1.02. The molecule has 0 saturated carbocycles. The maximum absolute atomic E-state index is 12.3. The van der Waals surface area contributed by atoms with Gasteiger partial charge < -0.3 is 9.88 Å². The summed E-state index contributed by atoms with van der Waals surface area (Å²) in [5.74, 6) is 0. The molecule has 0 fully saturated rings. The summed E-state index contributed by atoms with van der Waals surface area (Å²) < 4.78 is 29.2. The van der Waals surface area contributed by atoms with Crippen LogP contribution in [-0.2, 0) is 23.1 Å². The second-order valence-electron chi connectivity index (χ2n) is 5.65. The molecule has 0 aliphatic rings. The molecule has 0 unspecified atom stereocenters. The van der Waals surface area contributed by atoms with Crippen molar-refractivity contribution in [2.24, 2.45) is 0 Å². The molecular formula is C15H29N3O2S. The van der Waals surface area contributed by atoms with Gasteiger partial charge in [0.1, 0.15) is 0 Å². The molecular weight excluding hydrogens is 286 g/mol. The van der Waals surface area contributed by atoms with Gasteiger partial charge in [-0.05, 0) is 18.9 Å². The van der Waals surface area contributed by atoms with Gasteiger partial charge in [0.25, 0.3) is 0 Å². The fourth-order valence-electron chi connectivity index (χ4n) is 2.04. The lowest BCUT2D eigenvalue weighted by Crippen LogP contribution is -2.24. The van der Waals surface area contributed by atoms with Crippen molar-refractivity contribution in [2.75, 3.05) is 6.54 Å². The number of hydrogen-bond acceptors (Lipinski definition) is 3. The molecule has 0 radical (unpaired) electrons. The molecule has 0 spiro atoms. The Balaban J connectivity index is 2.89. The molecule has 122 valence electrons. The monoisotopic (exact) mass is 315 g/mol. The Bertz CT molecular complexity index is 521. The van der Waals surface area contributed by atoms with Crippen molar-refractivity contribution in [3.05, 3.63) is 18.0 Å². The predicted octanol–water partition coefficient (Wildman–Crippen LogP) is 2.47. The van der Waals surface area contributed by atoms with Crippen LogP contribution in [0.4, 0.5) is 0 Å². The van der Waals surface area contributed by atoms with E-state index in [0.717, 1.165) is 31.5 Å². The van der Waals surface area contributed by atoms with Gasteiger partial charge in [0.05, 0.1) is 4.90 Å². The van der Waals surface area contributed by atoms with E-state index < -0.39 is 10.0 Å². The van der Waals surface area contributed by atoms with E-state index in [-0.39, 0.29) is 0 Å². The Kier molecular flexibility index (Phi) is 7.42. The van der Waals surface area contributed by atoms with E-state index >= 15 is 0 Å². The number of nitrogens with zero attached hydrogens (tertiary/aromatic N) is 1. The minimum atomic E-state index is -3.39. The molecule has 0 aliphatic carbocycles. The Morgan fingerprint density at radius 3 is 2.52 bits per heavy atom. The van der Waals surface area contributed by atoms with Gasteiger partial charge >= 0.3 is 0 Å². The summed E-state index contributed by atoms with van der Waals surface area (Å²) >= 11 is 0. The van der Waals surface area contributed by atoms with Crippen molar-refractivity contribution in [3.8, 4) is 0 Å². The number of rotatable bonds is 10. The summed E-state index contributed by atoms with van der Waals surface area (Å²) in [6.45, 7) is 10.3. The normalized spacial score (nSPS) is 12.2. The highest BCUT2D eigenvalue weighted by Gasteiger charge is 2.17. The van der Waals surface area contributed by atoms with Crippen LogP contribution in [0.2, 0.25) is 0 Å². The van der Waals surface area contributed by atoms with Crippen molar-refractivity contribution in [3.63, 3.8) is 0 Å². The molecule has 0 saturated heterocycles. The molecule has 0 bridgehead atoms. The van der Waals surface area contributed by atoms with Gasteiger partial charge in [-0.25, -0.2) is 13.1 Å². The number of aromatic nitrogens is 1. The van der Waals surface area contributed by atoms with Gasteiger partial charge in [0.2, 0.25) is 10.0 Å². The third-order valence-electron chi connectivity index (χ3n) is 3.25. The van der Waals surface area contributed by atoms with Crippen LogP contribution in [0, 0.1) is 0 Å². The van der Waals surface area contributed by atoms with Crippen molar-refractivity contribution in [1.29, 1.82) is 0 Å². The Morgan fingerprint density at radius 1 is 1.24 bits per heavy atom. The first-order chi connectivity index (χ1) is 9.90. The third-order valence-corrected chi connectivity index (χ3v) is 4.68. The maximum Gasteiger partial charge on any atom is 0.242 e. The van der Waals surface area contributed by atoms with Crippen LogP contribution in [0.25, 0.3) is 0 Å². The summed E-state index contributed by atoms with van der Waals surface area (Å²) in [5, 5.41) is 3.34. The minimum Gasteiger partial charge on any atom is -0.349 e. The smallest absolute Gasteiger partial charge is 0.242 e. The number of nitrogens with one attached hydrogen (secondary N) is 2. The highest BCUT2D eigenvalue weighted by molar-refractivity contribution is 7.89. The van der Waals surface area contributed by atoms with E-state index in [1.54, 1.807) is 12.3 Å². The van der Waals surface area contributed by atoms with Crippen molar-refractivity contribution < 1.29 is 8.42 Å². The molecule has 6 heteroatoms. The van der Waals surface area contributed by atoms with Crippen molar-refractivity contribution >= 4 is 10.0 Å². The number of unbranched alkanes of at least 4 members (excludes halogenated alkanes) is 1. The first kappa shape index (κ1) is 18.2. The lowest BCUT2D eigenvalue weighted by Gasteiger charge is -2.10. The molecule has 1 rings (SSSR count). The molecule has 0 aliphatic heterocycles. The number of aryl methyl sites for hydroxylation is 1. The first-order valence-electron chi connectivity index (χ1n) is 7.82. The minimum absolute atomic E-state index is 0.368. The predicted molar refractivity (Wildman–Crippen MR) is 86.8 cm³/mol. The van der Waals surface area contributed by atoms with Gasteiger partial charge in [-0.2, -0.15) is 0 Å². The molecule has 1 aromatic heterocycles. The Hall–Kier alpha value is -0.850. The lowest BCUT2D eigenvalue weighted by molar-refractivity contribution is 0.551. The SMILES string of the molecule is CCCCNS(=O)(=O)c1cc(CNC(C)C)n(CCC)c1. The zero-order chi connectivity index (χ0) is 15.9. The topological polar surface area (TPSA) is 63.1 Å². The van der Waals surface area contributed by atoms with Gasteiger partial charge in [0, 0.05) is 37.6 Å². The van der Waals surface area contributed by atoms with Crippen LogP contribution < -0.4 is 10.0 Å². The summed E-state index contributed by atoms with van der Waals surface area (Å²) in [6, 6.07) is 2.15. The van der Waals surface area contributed by atoms with Gasteiger partial charge in [-0.15, -0.1) is 0 Å². The maximum atomic E-state index is 12.3. The molecule has 0 atom stereocenters. The molecule has 0 aromatic carbocycles. The summed E-state index contributed by atoms with van der Waals surface area (Å²) in [7, 11) is -3.39. The van der Waals surface area contributed by atoms with E-state index in [9.17, 15) is 8.42 Å². The molecule has 1 aromatic rings. The van der Waals surface area contributed by atoms with Crippen LogP contribution in [0.15, 0.2) is 17.2 Å². The summed E-state index contributed by atoms with van der Waals surface area (Å²) in [6.07, 6.45) is 4.56. The lowest BCUT2D eigenvalue weighted by atomic mass is 10.3. The van der Waals surface area contributed by atoms with Crippen LogP contribution in [0.1, 0.15) is 52.7 Å². The highest BCUT2D eigenvalue weighted by atomic mass is 32.2. The van der Waals surface area contributed by atoms with Crippen molar-refractivity contribution in [1.82, 2.24) is 14.6 Å². The zero-order valence-electron chi connectivity index (χ0n) is 13.6. The second-order valence-corrected chi connectivity index (χ2v) is 7.41. The van der Waals surface area contributed by atoms with E-state index in [1.165, 1.54) is 0 Å². The average Bonchev–Trinajstić information content (AvgIpc) is 2.81. The Labute approximate surface area is 129 Å². The first-order valence-corrected chi connectivity index (χ1v) is 9.31. The van der Waals surface area contributed by atoms with Crippen molar-refractivity contribution in [2.45, 2.75) is 71.0 Å². The van der Waals surface area contributed by atoms with Crippen LogP contribution in [-0.4, -0.2) is 25.6 Å². The largest absolute Gasteiger partial charge is 0.349 e. The van der Waals surface area contributed by atoms with Crippen LogP contribution in [0.3, 0.4) is 0 Å². The molecule has 21 heavy (non-hydrogen) atoms. The fraction of sp³-hybridized carbons (Fsp3) is 0.733. The summed E-state index contributed by atoms with van der Waals surface area (Å²) in [4.78, 5) is 0.368. The molecule has 1 heterocycles. The van der Waals surface area contributed by atoms with E-state index in [4.69, 9.17) is 0 Å². The van der Waals surface area contributed by atoms with Gasteiger partial charge in [-0.3, -0.25) is 0 Å². The number of hydrogen-bond donors (Lipinski definition) is 2. The Morgan fingerprint density at radius 2 is 1.95 bits per heavy atom. The molecule has 0 amide bonds. The molecule has 5 nitrogen and oxygen atoms in total. The second kappa shape index (κ2) is 8.56. The van der Waals surface area contributed by atoms with Gasteiger partial charge in [-0.1, -0.05) is 34.1 Å². The average molecular weight is 315 g/mol. The third kappa shape index (κ3) is 5.80. The highest BCUT2D eigenvalue weighted by Crippen LogP contribution is 2.15. The van der Waals surface area contributed by atoms with Crippen LogP contribution in [0.5, 0.6) is 0 Å². The standard InChI is InChI=1S/C15H29N3O2S/c1-5-7-8-17-21(19,20)15-10-14(11-16-13(3)4)18(12-15)9-6-2/h10,12-13,16-17H,5-9,11H2,1-4H3. The quantitative estimate of drug-likeness (QED) is 0.652. The van der Waals surface area contributed by atoms with E-state index in [2.05, 4.69) is 30.8 Å². The fourth-order valence-corrected chi connectivity index (χ4v) is 3.18. The zero-order valence-corrected chi connectivity index (χ0v) is 14.5. The van der Waals surface area contributed by atoms with Crippen LogP contribution >= 0.6 is 0 Å².